The molecule has 0 nitrogen and oxygen atoms in total. The first kappa shape index (κ1) is 10.7. The Morgan fingerprint density at radius 1 is 1.00 bits per heavy atom. The molecule has 0 amide bonds. The summed E-state index contributed by atoms with van der Waals surface area (Å²) < 4.78 is 0. The largest absolute Gasteiger partial charge is 0 e. The maximum Gasteiger partial charge on any atom is 0 e. The molecule has 0 atom stereocenters. The SMILES string of the molecule is [Cl][Ce]([Cl])[Cl].[Mn]. The van der Waals surface area contributed by atoms with Crippen molar-refractivity contribution in [3.05, 3.63) is 0 Å². The molecule has 0 fully saturated rings. The third-order valence-corrected chi connectivity index (χ3v) is 0. The molecule has 0 N–H and O–H groups in total. The molecule has 0 saturated heterocycles. The first-order valence-corrected chi connectivity index (χ1v) is 12.4. The minimum atomic E-state index is -2.24. The summed E-state index contributed by atoms with van der Waals surface area (Å²) in [5, 5.41) is 0. The van der Waals surface area contributed by atoms with Gasteiger partial charge in [-0.25, -0.2) is 0 Å². The van der Waals surface area contributed by atoms with Gasteiger partial charge < -0.3 is 0 Å². The Hall–Kier alpha value is 2.77. The molecule has 5 heavy (non-hydrogen) atoms. The topological polar surface area (TPSA) is 0 Å². The Kier molecular flexibility index (Phi) is 14.5. The van der Waals surface area contributed by atoms with Crippen molar-refractivity contribution in [2.24, 2.45) is 0 Å². The first-order valence-electron chi connectivity index (χ1n) is 0.567. The quantitative estimate of drug-likeness (QED) is 0.601. The third-order valence-electron chi connectivity index (χ3n) is 0. The summed E-state index contributed by atoms with van der Waals surface area (Å²) in [6, 6.07) is 0. The molecule has 0 aliphatic carbocycles. The standard InChI is InChI=1S/Ce.3ClH.Mn/h;3*1H;/q+3;;;;/p-3. The molecule has 0 spiro atoms. The van der Waals surface area contributed by atoms with Crippen molar-refractivity contribution in [1.82, 2.24) is 0 Å². The van der Waals surface area contributed by atoms with Crippen LogP contribution in [0, 0.1) is 30.7 Å². The molecule has 0 aromatic rings. The summed E-state index contributed by atoms with van der Waals surface area (Å²) >= 11 is -2.24. The zero-order valence-electron chi connectivity index (χ0n) is 2.01. The maximum absolute atomic E-state index is 5.02. The molecule has 32 valence electrons. The van der Waals surface area contributed by atoms with Gasteiger partial charge in [0.25, 0.3) is 0 Å². The summed E-state index contributed by atoms with van der Waals surface area (Å²) in [5.41, 5.74) is 15.1. The molecule has 1 radical (unpaired) electrons. The van der Waals surface area contributed by atoms with E-state index in [1.807, 2.05) is 0 Å². The second-order valence-corrected chi connectivity index (χ2v) is 14.0. The van der Waals surface area contributed by atoms with Crippen LogP contribution in [0.15, 0.2) is 0 Å². The molecule has 0 unspecified atom stereocenters. The molecule has 0 aromatic heterocycles. The van der Waals surface area contributed by atoms with Crippen LogP contribution in [0.25, 0.3) is 0 Å². The van der Waals surface area contributed by atoms with Crippen molar-refractivity contribution in [3.63, 3.8) is 0 Å². The van der Waals surface area contributed by atoms with E-state index < -0.39 is 30.7 Å². The van der Waals surface area contributed by atoms with Crippen molar-refractivity contribution >= 4 is 16.9 Å². The fourth-order valence-electron chi connectivity index (χ4n) is 0. The van der Waals surface area contributed by atoms with Crippen LogP contribution >= 0.6 is 16.9 Å². The van der Waals surface area contributed by atoms with Gasteiger partial charge in [-0.2, -0.15) is 0 Å². The summed E-state index contributed by atoms with van der Waals surface area (Å²) in [7, 11) is 0. The Balaban J connectivity index is 0. The van der Waals surface area contributed by atoms with E-state index in [1.165, 1.54) is 0 Å². The molecule has 0 saturated carbocycles. The van der Waals surface area contributed by atoms with Crippen LogP contribution in [-0.2, 0) is 17.1 Å². The van der Waals surface area contributed by atoms with Crippen molar-refractivity contribution in [1.29, 1.82) is 0 Å². The van der Waals surface area contributed by atoms with Crippen molar-refractivity contribution < 1.29 is 47.7 Å². The van der Waals surface area contributed by atoms with Crippen LogP contribution in [-0.4, -0.2) is 0 Å². The number of hydrogen-bond acceptors (Lipinski definition) is 0. The molecule has 5 heteroatoms. The van der Waals surface area contributed by atoms with Crippen LogP contribution in [0.2, 0.25) is 0 Å². The second kappa shape index (κ2) is 6.77. The van der Waals surface area contributed by atoms with Crippen LogP contribution in [0.1, 0.15) is 0 Å². The van der Waals surface area contributed by atoms with Gasteiger partial charge in [-0.05, 0) is 0 Å². The summed E-state index contributed by atoms with van der Waals surface area (Å²) in [6.45, 7) is 0. The smallest absolute Gasteiger partial charge is 0 e. The molecule has 0 rings (SSSR count). The van der Waals surface area contributed by atoms with Gasteiger partial charge >= 0.3 is 47.6 Å². The van der Waals surface area contributed by atoms with E-state index in [4.69, 9.17) is 16.9 Å². The molecular formula is CeCl3Mn. The van der Waals surface area contributed by atoms with Gasteiger partial charge in [-0.3, -0.25) is 0 Å². The third kappa shape index (κ3) is 20.1. The fourth-order valence-corrected chi connectivity index (χ4v) is 0. The van der Waals surface area contributed by atoms with E-state index in [2.05, 4.69) is 0 Å². The van der Waals surface area contributed by atoms with Gasteiger partial charge in [0, 0.05) is 17.1 Å². The predicted octanol–water partition coefficient (Wildman–Crippen LogP) is 2.07. The minimum Gasteiger partial charge on any atom is 0 e. The number of rotatable bonds is 0. The summed E-state index contributed by atoms with van der Waals surface area (Å²) in [6.07, 6.45) is 0. The Morgan fingerprint density at radius 2 is 1.00 bits per heavy atom. The Labute approximate surface area is 62.9 Å². The van der Waals surface area contributed by atoms with Crippen molar-refractivity contribution in [3.8, 4) is 0 Å². The van der Waals surface area contributed by atoms with Gasteiger partial charge in [0.1, 0.15) is 0 Å². The summed E-state index contributed by atoms with van der Waals surface area (Å²) in [5.74, 6) is 0. The average molecular weight is 301 g/mol. The van der Waals surface area contributed by atoms with Crippen molar-refractivity contribution in [2.75, 3.05) is 0 Å². The van der Waals surface area contributed by atoms with Crippen LogP contribution in [0.4, 0.5) is 0 Å². The van der Waals surface area contributed by atoms with E-state index in [-0.39, 0.29) is 17.1 Å². The number of halogens is 3. The molecule has 0 aliphatic heterocycles. The monoisotopic (exact) mass is 300 g/mol. The normalized spacial score (nSPS) is 5.40. The van der Waals surface area contributed by atoms with Crippen LogP contribution in [0.5, 0.6) is 0 Å². The molecular weight excluding hydrogens is 301 g/mol. The molecule has 0 bridgehead atoms. The van der Waals surface area contributed by atoms with Gasteiger partial charge in [0.2, 0.25) is 0 Å². The van der Waals surface area contributed by atoms with E-state index in [0.717, 1.165) is 0 Å². The molecule has 0 heterocycles. The van der Waals surface area contributed by atoms with Gasteiger partial charge in [0.15, 0.2) is 0 Å². The predicted molar refractivity (Wildman–Crippen MR) is 17.6 cm³/mol. The fraction of sp³-hybridized carbons (Fsp3) is 0. The van der Waals surface area contributed by atoms with E-state index in [1.54, 1.807) is 0 Å². The summed E-state index contributed by atoms with van der Waals surface area (Å²) in [4.78, 5) is 0. The van der Waals surface area contributed by atoms with E-state index in [0.29, 0.717) is 0 Å². The van der Waals surface area contributed by atoms with Gasteiger partial charge in [0.05, 0.1) is 0 Å². The minimum absolute atomic E-state index is 0. The van der Waals surface area contributed by atoms with Gasteiger partial charge in [-0.1, -0.05) is 0 Å². The molecule has 0 aliphatic rings. The Morgan fingerprint density at radius 3 is 1.00 bits per heavy atom. The average Bonchev–Trinajstić information content (AvgIpc) is 0.811. The molecule has 0 aromatic carbocycles. The Bertz CT molecular complexity index is 11.6. The first-order chi connectivity index (χ1) is 1.73. The van der Waals surface area contributed by atoms with Crippen molar-refractivity contribution in [2.45, 2.75) is 0 Å². The van der Waals surface area contributed by atoms with Crippen LogP contribution < -0.4 is 0 Å². The maximum atomic E-state index is 5.02. The second-order valence-electron chi connectivity index (χ2n) is 0.214. The zero-order valence-corrected chi connectivity index (χ0v) is 8.60. The van der Waals surface area contributed by atoms with Crippen LogP contribution in [0.3, 0.4) is 0 Å². The zero-order chi connectivity index (χ0) is 3.58. The van der Waals surface area contributed by atoms with Gasteiger partial charge in [-0.15, -0.1) is 0 Å². The van der Waals surface area contributed by atoms with E-state index >= 15 is 0 Å². The van der Waals surface area contributed by atoms with E-state index in [9.17, 15) is 0 Å². The number of hydrogen-bond donors (Lipinski definition) is 0.